The second-order valence-electron chi connectivity index (χ2n) is 2.56. The van der Waals surface area contributed by atoms with Crippen LogP contribution in [0.15, 0.2) is 30.3 Å². The Morgan fingerprint density at radius 3 is 2.53 bits per heavy atom. The van der Waals surface area contributed by atoms with E-state index in [0.717, 1.165) is 0 Å². The van der Waals surface area contributed by atoms with Crippen molar-refractivity contribution in [2.75, 3.05) is 6.73 Å². The number of ether oxygens (including phenoxy) is 1. The minimum Gasteiger partial charge on any atom is -0.441 e. The Hall–Kier alpha value is -1.69. The van der Waals surface area contributed by atoms with E-state index >= 15 is 0 Å². The van der Waals surface area contributed by atoms with Gasteiger partial charge in [0.25, 0.3) is 0 Å². The van der Waals surface area contributed by atoms with Gasteiger partial charge >= 0.3 is 12.0 Å². The first-order valence-electron chi connectivity index (χ1n) is 4.14. The van der Waals surface area contributed by atoms with Crippen LogP contribution in [0.3, 0.4) is 0 Å². The Morgan fingerprint density at radius 1 is 1.27 bits per heavy atom. The summed E-state index contributed by atoms with van der Waals surface area (Å²) in [5.74, 6) is -0.491. The quantitative estimate of drug-likeness (QED) is 0.408. The first-order valence-corrected chi connectivity index (χ1v) is 4.59. The van der Waals surface area contributed by atoms with Gasteiger partial charge in [-0.3, -0.25) is 4.72 Å². The summed E-state index contributed by atoms with van der Waals surface area (Å²) in [6, 6.07) is 7.97. The van der Waals surface area contributed by atoms with Crippen molar-refractivity contribution in [1.29, 1.82) is 0 Å². The summed E-state index contributed by atoms with van der Waals surface area (Å²) >= 11 is 3.51. The Balaban J connectivity index is 2.34. The van der Waals surface area contributed by atoms with Gasteiger partial charge in [-0.15, -0.1) is 0 Å². The molecule has 0 aliphatic rings. The average molecular weight is 226 g/mol. The Morgan fingerprint density at radius 2 is 1.93 bits per heavy atom. The zero-order valence-electron chi connectivity index (χ0n) is 7.77. The van der Waals surface area contributed by atoms with Crippen LogP contribution in [0.4, 0.5) is 4.79 Å². The number of carbonyl (C=O) groups is 2. The van der Waals surface area contributed by atoms with Crippen molar-refractivity contribution in [2.24, 2.45) is 0 Å². The maximum Gasteiger partial charge on any atom is 0.339 e. The Labute approximate surface area is 92.4 Å². The van der Waals surface area contributed by atoms with Crippen molar-refractivity contribution in [1.82, 2.24) is 10.0 Å². The van der Waals surface area contributed by atoms with E-state index < -0.39 is 12.0 Å². The molecule has 0 radical (unpaired) electrons. The molecule has 0 spiro atoms. The number of hydrogen-bond acceptors (Lipinski definition) is 4. The third-order valence-corrected chi connectivity index (χ3v) is 1.75. The highest BCUT2D eigenvalue weighted by atomic mass is 32.1. The molecule has 2 amide bonds. The lowest BCUT2D eigenvalue weighted by atomic mass is 10.2. The SMILES string of the molecule is O=C(NS)NCOC(=O)c1ccccc1. The molecule has 0 atom stereocenters. The largest absolute Gasteiger partial charge is 0.441 e. The van der Waals surface area contributed by atoms with Crippen LogP contribution in [0.2, 0.25) is 0 Å². The normalized spacial score (nSPS) is 9.13. The fraction of sp³-hybridized carbons (Fsp3) is 0.111. The Bertz CT molecular complexity index is 342. The molecule has 0 unspecified atom stereocenters. The summed E-state index contributed by atoms with van der Waals surface area (Å²) in [4.78, 5) is 21.9. The summed E-state index contributed by atoms with van der Waals surface area (Å²) in [7, 11) is 0. The molecule has 80 valence electrons. The van der Waals surface area contributed by atoms with E-state index in [1.807, 2.05) is 4.72 Å². The number of rotatable bonds is 3. The lowest BCUT2D eigenvalue weighted by molar-refractivity contribution is 0.0486. The van der Waals surface area contributed by atoms with Crippen LogP contribution in [-0.4, -0.2) is 18.7 Å². The molecule has 6 heteroatoms. The van der Waals surface area contributed by atoms with Gasteiger partial charge in [0, 0.05) is 0 Å². The highest BCUT2D eigenvalue weighted by molar-refractivity contribution is 7.78. The van der Waals surface area contributed by atoms with Gasteiger partial charge in [0.2, 0.25) is 0 Å². The maximum atomic E-state index is 11.3. The summed E-state index contributed by atoms with van der Waals surface area (Å²) in [5, 5.41) is 2.26. The molecule has 15 heavy (non-hydrogen) atoms. The number of urea groups is 1. The van der Waals surface area contributed by atoms with Gasteiger partial charge in [-0.2, -0.15) is 0 Å². The topological polar surface area (TPSA) is 67.4 Å². The van der Waals surface area contributed by atoms with E-state index in [4.69, 9.17) is 4.74 Å². The minimum atomic E-state index is -0.529. The molecule has 0 bridgehead atoms. The monoisotopic (exact) mass is 226 g/mol. The zero-order chi connectivity index (χ0) is 11.1. The summed E-state index contributed by atoms with van der Waals surface area (Å²) in [5.41, 5.74) is 0.436. The van der Waals surface area contributed by atoms with Gasteiger partial charge < -0.3 is 10.1 Å². The van der Waals surface area contributed by atoms with Gasteiger partial charge in [-0.05, 0) is 12.1 Å². The van der Waals surface area contributed by atoms with Crippen LogP contribution in [0.5, 0.6) is 0 Å². The number of benzene rings is 1. The van der Waals surface area contributed by atoms with Crippen LogP contribution >= 0.6 is 12.8 Å². The third-order valence-electron chi connectivity index (χ3n) is 1.55. The second-order valence-corrected chi connectivity index (χ2v) is 2.78. The van der Waals surface area contributed by atoms with E-state index in [0.29, 0.717) is 5.56 Å². The first-order chi connectivity index (χ1) is 7.24. The number of hydrogen-bond donors (Lipinski definition) is 3. The molecular weight excluding hydrogens is 216 g/mol. The van der Waals surface area contributed by atoms with Crippen molar-refractivity contribution >= 4 is 24.8 Å². The summed E-state index contributed by atoms with van der Waals surface area (Å²) in [6.07, 6.45) is 0. The molecule has 0 saturated carbocycles. The number of nitrogens with one attached hydrogen (secondary N) is 2. The highest BCUT2D eigenvalue weighted by Crippen LogP contribution is 1.99. The van der Waals surface area contributed by atoms with Crippen molar-refractivity contribution in [3.63, 3.8) is 0 Å². The number of carbonyl (C=O) groups excluding carboxylic acids is 2. The van der Waals surface area contributed by atoms with E-state index in [2.05, 4.69) is 18.1 Å². The van der Waals surface area contributed by atoms with Crippen molar-refractivity contribution in [3.05, 3.63) is 35.9 Å². The molecule has 1 aromatic rings. The van der Waals surface area contributed by atoms with Gasteiger partial charge in [0.15, 0.2) is 6.73 Å². The number of thiol groups is 1. The maximum absolute atomic E-state index is 11.3. The van der Waals surface area contributed by atoms with Gasteiger partial charge in [-0.25, -0.2) is 9.59 Å². The predicted octanol–water partition coefficient (Wildman–Crippen LogP) is 0.945. The fourth-order valence-electron chi connectivity index (χ4n) is 0.864. The van der Waals surface area contributed by atoms with E-state index in [1.165, 1.54) is 0 Å². The van der Waals surface area contributed by atoms with E-state index in [-0.39, 0.29) is 6.73 Å². The molecule has 0 saturated heterocycles. The van der Waals surface area contributed by atoms with Crippen molar-refractivity contribution in [3.8, 4) is 0 Å². The average Bonchev–Trinajstić information content (AvgIpc) is 2.29. The molecule has 1 aromatic carbocycles. The molecular formula is C9H10N2O3S. The molecule has 0 aliphatic carbocycles. The molecule has 0 aromatic heterocycles. The van der Waals surface area contributed by atoms with Crippen LogP contribution in [-0.2, 0) is 4.74 Å². The number of amides is 2. The van der Waals surface area contributed by atoms with E-state index in [9.17, 15) is 9.59 Å². The van der Waals surface area contributed by atoms with Crippen LogP contribution in [0.1, 0.15) is 10.4 Å². The second kappa shape index (κ2) is 5.92. The van der Waals surface area contributed by atoms with E-state index in [1.54, 1.807) is 30.3 Å². The van der Waals surface area contributed by atoms with Gasteiger partial charge in [0.1, 0.15) is 0 Å². The zero-order valence-corrected chi connectivity index (χ0v) is 8.66. The minimum absolute atomic E-state index is 0.194. The lowest BCUT2D eigenvalue weighted by Crippen LogP contribution is -2.32. The fourth-order valence-corrected chi connectivity index (χ4v) is 0.943. The van der Waals surface area contributed by atoms with Crippen LogP contribution in [0, 0.1) is 0 Å². The van der Waals surface area contributed by atoms with Gasteiger partial charge in [0.05, 0.1) is 5.56 Å². The van der Waals surface area contributed by atoms with Crippen molar-refractivity contribution in [2.45, 2.75) is 0 Å². The standard InChI is InChI=1S/C9H10N2O3S/c12-8(7-4-2-1-3-5-7)14-6-10-9(13)11-15/h1-5,15H,6H2,(H2,10,11,13). The highest BCUT2D eigenvalue weighted by Gasteiger charge is 2.05. The van der Waals surface area contributed by atoms with Gasteiger partial charge in [-0.1, -0.05) is 31.0 Å². The third kappa shape index (κ3) is 3.90. The van der Waals surface area contributed by atoms with Crippen LogP contribution in [0.25, 0.3) is 0 Å². The van der Waals surface area contributed by atoms with Crippen molar-refractivity contribution < 1.29 is 14.3 Å². The smallest absolute Gasteiger partial charge is 0.339 e. The molecule has 0 heterocycles. The first kappa shape index (κ1) is 11.4. The lowest BCUT2D eigenvalue weighted by Gasteiger charge is -2.05. The number of esters is 1. The summed E-state index contributed by atoms with van der Waals surface area (Å²) in [6.45, 7) is -0.194. The molecule has 0 fully saturated rings. The molecule has 1 rings (SSSR count). The Kier molecular flexibility index (Phi) is 4.49. The molecule has 5 nitrogen and oxygen atoms in total. The molecule has 2 N–H and O–H groups in total. The predicted molar refractivity (Wildman–Crippen MR) is 57.4 cm³/mol. The van der Waals surface area contributed by atoms with Crippen LogP contribution < -0.4 is 10.0 Å². The molecule has 0 aliphatic heterocycles. The summed E-state index contributed by atoms with van der Waals surface area (Å²) < 4.78 is 6.79.